The predicted octanol–water partition coefficient (Wildman–Crippen LogP) is 6.30. The summed E-state index contributed by atoms with van der Waals surface area (Å²) in [6, 6.07) is 32.8. The van der Waals surface area contributed by atoms with E-state index in [0.29, 0.717) is 17.6 Å². The number of pyridine rings is 1. The maximum atomic E-state index is 12.1. The lowest BCUT2D eigenvalue weighted by Gasteiger charge is -2.06. The average Bonchev–Trinajstić information content (AvgIpc) is 3.02. The Labute approximate surface area is 244 Å². The number of Topliss-reactive ketones (excluding diaryl/α,β-unsaturated/α-hetero) is 1. The molecule has 0 spiro atoms. The third kappa shape index (κ3) is 9.38. The minimum absolute atomic E-state index is 0.00950. The zero-order valence-corrected chi connectivity index (χ0v) is 23.8. The number of esters is 1. The lowest BCUT2D eigenvalue weighted by Crippen LogP contribution is -2.11. The number of ketones is 1. The van der Waals surface area contributed by atoms with Crippen molar-refractivity contribution in [2.75, 3.05) is 26.6 Å². The number of carbonyl (C=O) groups is 2. The van der Waals surface area contributed by atoms with Crippen molar-refractivity contribution in [3.63, 3.8) is 0 Å². The molecular formula is C34H34N2O6. The van der Waals surface area contributed by atoms with Crippen molar-refractivity contribution in [2.45, 2.75) is 13.3 Å². The van der Waals surface area contributed by atoms with Crippen molar-refractivity contribution in [3.8, 4) is 22.8 Å². The van der Waals surface area contributed by atoms with Gasteiger partial charge in [0, 0.05) is 40.5 Å². The first-order chi connectivity index (χ1) is 20.3. The lowest BCUT2D eigenvalue weighted by atomic mass is 10.1. The van der Waals surface area contributed by atoms with Gasteiger partial charge in [0.05, 0.1) is 26.3 Å². The van der Waals surface area contributed by atoms with Crippen molar-refractivity contribution >= 4 is 28.3 Å². The number of H-pyrrole nitrogens is 1. The topological polar surface area (TPSA) is 121 Å². The van der Waals surface area contributed by atoms with Crippen LogP contribution in [0.4, 0.5) is 5.69 Å². The normalized spacial score (nSPS) is 9.88. The van der Waals surface area contributed by atoms with Gasteiger partial charge >= 0.3 is 5.97 Å². The number of nitrogens with two attached hydrogens (primary N) is 1. The quantitative estimate of drug-likeness (QED) is 0.103. The molecule has 0 fully saturated rings. The molecule has 0 bridgehead atoms. The van der Waals surface area contributed by atoms with Crippen molar-refractivity contribution in [1.82, 2.24) is 4.98 Å². The molecule has 0 atom stereocenters. The van der Waals surface area contributed by atoms with E-state index in [1.165, 1.54) is 0 Å². The summed E-state index contributed by atoms with van der Waals surface area (Å²) in [7, 11) is 3.23. The number of anilines is 1. The van der Waals surface area contributed by atoms with E-state index in [2.05, 4.69) is 9.72 Å². The summed E-state index contributed by atoms with van der Waals surface area (Å²) in [4.78, 5) is 37.8. The minimum atomic E-state index is -0.471. The molecule has 0 saturated carbocycles. The van der Waals surface area contributed by atoms with Gasteiger partial charge in [-0.1, -0.05) is 66.7 Å². The summed E-state index contributed by atoms with van der Waals surface area (Å²) in [6.07, 6.45) is -0.183. The number of ether oxygens (including phenoxy) is 3. The fourth-order valence-electron chi connectivity index (χ4n) is 3.84. The van der Waals surface area contributed by atoms with Gasteiger partial charge in [0.1, 0.15) is 17.9 Å². The fourth-order valence-corrected chi connectivity index (χ4v) is 3.84. The minimum Gasteiger partial charge on any atom is -0.497 e. The Morgan fingerprint density at radius 2 is 1.40 bits per heavy atom. The van der Waals surface area contributed by atoms with Crippen molar-refractivity contribution in [1.29, 1.82) is 0 Å². The molecule has 1 aromatic heterocycles. The van der Waals surface area contributed by atoms with Crippen molar-refractivity contribution in [3.05, 3.63) is 125 Å². The van der Waals surface area contributed by atoms with Gasteiger partial charge < -0.3 is 24.9 Å². The number of nitrogens with one attached hydrogen (secondary N) is 1. The highest BCUT2D eigenvalue weighted by atomic mass is 16.5. The molecule has 1 heterocycles. The first-order valence-electron chi connectivity index (χ1n) is 13.2. The number of hydrogen-bond donors (Lipinski definition) is 2. The van der Waals surface area contributed by atoms with Gasteiger partial charge in [0.25, 0.3) is 0 Å². The van der Waals surface area contributed by atoms with Crippen LogP contribution in [0.5, 0.6) is 11.5 Å². The molecular weight excluding hydrogens is 532 g/mol. The molecule has 5 rings (SSSR count). The number of aromatic amines is 1. The summed E-state index contributed by atoms with van der Waals surface area (Å²) >= 11 is 0. The van der Waals surface area contributed by atoms with E-state index in [-0.39, 0.29) is 17.6 Å². The average molecular weight is 567 g/mol. The van der Waals surface area contributed by atoms with E-state index in [9.17, 15) is 14.4 Å². The van der Waals surface area contributed by atoms with E-state index in [1.54, 1.807) is 69.7 Å². The summed E-state index contributed by atoms with van der Waals surface area (Å²) in [6.45, 7) is 2.02. The Hall–Kier alpha value is -5.37. The van der Waals surface area contributed by atoms with Crippen LogP contribution >= 0.6 is 0 Å². The highest BCUT2D eigenvalue weighted by Gasteiger charge is 2.11. The van der Waals surface area contributed by atoms with Gasteiger partial charge in [-0.25, -0.2) is 0 Å². The van der Waals surface area contributed by atoms with Crippen LogP contribution in [0.25, 0.3) is 22.2 Å². The van der Waals surface area contributed by atoms with Crippen LogP contribution in [-0.4, -0.2) is 37.6 Å². The third-order valence-electron chi connectivity index (χ3n) is 5.92. The highest BCUT2D eigenvalue weighted by Crippen LogP contribution is 2.21. The van der Waals surface area contributed by atoms with Gasteiger partial charge in [0.15, 0.2) is 11.2 Å². The number of hydrogen-bond acceptors (Lipinski definition) is 7. The van der Waals surface area contributed by atoms with Crippen molar-refractivity contribution < 1.29 is 23.8 Å². The highest BCUT2D eigenvalue weighted by molar-refractivity contribution is 6.05. The largest absolute Gasteiger partial charge is 0.497 e. The van der Waals surface area contributed by atoms with Crippen LogP contribution in [0.1, 0.15) is 23.7 Å². The Morgan fingerprint density at radius 1 is 0.762 bits per heavy atom. The molecule has 216 valence electrons. The van der Waals surface area contributed by atoms with E-state index in [0.717, 1.165) is 34.0 Å². The zero-order chi connectivity index (χ0) is 30.3. The van der Waals surface area contributed by atoms with Gasteiger partial charge in [0.2, 0.25) is 0 Å². The Kier molecular flexibility index (Phi) is 11.9. The molecule has 0 aliphatic carbocycles. The zero-order valence-electron chi connectivity index (χ0n) is 23.8. The number of rotatable bonds is 7. The van der Waals surface area contributed by atoms with Crippen LogP contribution < -0.4 is 20.6 Å². The SMILES string of the molecule is CCOC(=O)CC(=O)c1ccccc1.COc1ccc2c(=O)cc(-c3ccccc3)[nH]c2c1.COc1cccc(N)c1. The van der Waals surface area contributed by atoms with E-state index in [1.807, 2.05) is 60.7 Å². The molecule has 42 heavy (non-hydrogen) atoms. The second kappa shape index (κ2) is 16.0. The molecule has 8 nitrogen and oxygen atoms in total. The molecule has 0 radical (unpaired) electrons. The second-order valence-electron chi connectivity index (χ2n) is 8.87. The van der Waals surface area contributed by atoms with Crippen molar-refractivity contribution in [2.24, 2.45) is 0 Å². The van der Waals surface area contributed by atoms with E-state index >= 15 is 0 Å². The van der Waals surface area contributed by atoms with Gasteiger partial charge in [-0.15, -0.1) is 0 Å². The van der Waals surface area contributed by atoms with Crippen LogP contribution in [0.3, 0.4) is 0 Å². The number of carbonyl (C=O) groups excluding carboxylic acids is 2. The molecule has 8 heteroatoms. The Morgan fingerprint density at radius 3 is 2.00 bits per heavy atom. The molecule has 4 aromatic carbocycles. The summed E-state index contributed by atoms with van der Waals surface area (Å²) in [5.74, 6) is 0.855. The number of benzene rings is 4. The maximum Gasteiger partial charge on any atom is 0.313 e. The van der Waals surface area contributed by atoms with E-state index < -0.39 is 5.97 Å². The van der Waals surface area contributed by atoms with Crippen LogP contribution in [0.2, 0.25) is 0 Å². The van der Waals surface area contributed by atoms with Gasteiger partial charge in [-0.05, 0) is 36.8 Å². The Balaban J connectivity index is 0.000000185. The molecule has 0 saturated heterocycles. The summed E-state index contributed by atoms with van der Waals surface area (Å²) in [5.41, 5.74) is 9.32. The number of methoxy groups -OCH3 is 2. The van der Waals surface area contributed by atoms with E-state index in [4.69, 9.17) is 15.2 Å². The monoisotopic (exact) mass is 566 g/mol. The third-order valence-corrected chi connectivity index (χ3v) is 5.92. The maximum absolute atomic E-state index is 12.1. The smallest absolute Gasteiger partial charge is 0.313 e. The fraction of sp³-hybridized carbons (Fsp3) is 0.147. The lowest BCUT2D eigenvalue weighted by molar-refractivity contribution is -0.141. The Bertz CT molecular complexity index is 1650. The number of nitrogen functional groups attached to an aromatic ring is 1. The number of fused-ring (bicyclic) bond motifs is 1. The summed E-state index contributed by atoms with van der Waals surface area (Å²) < 4.78 is 14.8. The molecule has 0 aliphatic heterocycles. The van der Waals surface area contributed by atoms with Gasteiger partial charge in [-0.3, -0.25) is 14.4 Å². The van der Waals surface area contributed by atoms with Crippen LogP contribution in [-0.2, 0) is 9.53 Å². The molecule has 0 amide bonds. The molecule has 3 N–H and O–H groups in total. The predicted molar refractivity (Wildman–Crippen MR) is 166 cm³/mol. The summed E-state index contributed by atoms with van der Waals surface area (Å²) in [5, 5.41) is 0.667. The molecule has 5 aromatic rings. The number of aromatic nitrogens is 1. The standard InChI is InChI=1S/C16H13NO2.C11H12O3.C7H9NO/c1-19-12-7-8-13-15(9-12)17-14(10-16(13)18)11-5-3-2-4-6-11;1-2-14-11(13)8-10(12)9-6-4-3-5-7-9;1-9-7-4-2-3-6(8)5-7/h2-10H,1H3,(H,17,18);3-7H,2,8H2,1H3;2-5H,8H2,1H3. The molecule has 0 aliphatic rings. The van der Waals surface area contributed by atoms with Crippen LogP contribution in [0, 0.1) is 0 Å². The van der Waals surface area contributed by atoms with Gasteiger partial charge in [-0.2, -0.15) is 0 Å². The second-order valence-corrected chi connectivity index (χ2v) is 8.87. The van der Waals surface area contributed by atoms with Crippen LogP contribution in [0.15, 0.2) is 114 Å². The molecule has 0 unspecified atom stereocenters. The first kappa shape index (κ1) is 31.2. The first-order valence-corrected chi connectivity index (χ1v) is 13.2.